The summed E-state index contributed by atoms with van der Waals surface area (Å²) in [5.74, 6) is 1.30. The number of thioether (sulfide) groups is 1. The number of unbranched alkanes of at least 4 members (excludes halogenated alkanes) is 3. The summed E-state index contributed by atoms with van der Waals surface area (Å²) in [6.45, 7) is 2.06. The molecule has 0 aliphatic carbocycles. The molecule has 1 aromatic heterocycles. The van der Waals surface area contributed by atoms with Crippen molar-refractivity contribution in [2.24, 2.45) is 0 Å². The van der Waals surface area contributed by atoms with Crippen LogP contribution in [0.3, 0.4) is 0 Å². The maximum Gasteiger partial charge on any atom is 0.0346 e. The standard InChI is InChI=1S/C17H24N2S/c1-20-12-5-3-2-4-10-18-13-15-7-6-8-16-14-19-11-9-17(15)16/h6-9,11,14,18H,2-5,10,12-13H2,1H3. The third-order valence-corrected chi connectivity index (χ3v) is 4.24. The van der Waals surface area contributed by atoms with E-state index in [0.29, 0.717) is 0 Å². The summed E-state index contributed by atoms with van der Waals surface area (Å²) >= 11 is 1.95. The van der Waals surface area contributed by atoms with Crippen LogP contribution in [-0.2, 0) is 6.54 Å². The first kappa shape index (κ1) is 15.3. The number of rotatable bonds is 9. The number of nitrogens with zero attached hydrogens (tertiary/aromatic N) is 1. The van der Waals surface area contributed by atoms with E-state index in [1.54, 1.807) is 0 Å². The molecular weight excluding hydrogens is 264 g/mol. The molecule has 0 radical (unpaired) electrons. The Morgan fingerprint density at radius 2 is 2.00 bits per heavy atom. The van der Waals surface area contributed by atoms with Crippen LogP contribution in [0.15, 0.2) is 36.7 Å². The van der Waals surface area contributed by atoms with Gasteiger partial charge in [0, 0.05) is 24.3 Å². The second-order valence-electron chi connectivity index (χ2n) is 5.10. The largest absolute Gasteiger partial charge is 0.313 e. The molecule has 0 atom stereocenters. The van der Waals surface area contributed by atoms with Crippen LogP contribution in [0.25, 0.3) is 10.8 Å². The fraction of sp³-hybridized carbons (Fsp3) is 0.471. The van der Waals surface area contributed by atoms with Gasteiger partial charge in [0.05, 0.1) is 0 Å². The molecular formula is C17H24N2S. The Kier molecular flexibility index (Phi) is 6.89. The lowest BCUT2D eigenvalue weighted by molar-refractivity contribution is 0.600. The predicted octanol–water partition coefficient (Wildman–Crippen LogP) is 4.25. The Hall–Kier alpha value is -1.06. The Morgan fingerprint density at radius 3 is 2.90 bits per heavy atom. The van der Waals surface area contributed by atoms with Crippen molar-refractivity contribution in [3.63, 3.8) is 0 Å². The van der Waals surface area contributed by atoms with E-state index in [9.17, 15) is 0 Å². The Morgan fingerprint density at radius 1 is 1.10 bits per heavy atom. The van der Waals surface area contributed by atoms with E-state index < -0.39 is 0 Å². The van der Waals surface area contributed by atoms with Crippen LogP contribution in [-0.4, -0.2) is 23.5 Å². The van der Waals surface area contributed by atoms with Gasteiger partial charge in [-0.1, -0.05) is 31.0 Å². The average Bonchev–Trinajstić information content (AvgIpc) is 2.50. The van der Waals surface area contributed by atoms with Crippen molar-refractivity contribution >= 4 is 22.5 Å². The van der Waals surface area contributed by atoms with E-state index in [0.717, 1.165) is 13.1 Å². The van der Waals surface area contributed by atoms with Gasteiger partial charge in [0.25, 0.3) is 0 Å². The zero-order valence-corrected chi connectivity index (χ0v) is 13.1. The number of hydrogen-bond donors (Lipinski definition) is 1. The molecule has 0 saturated carbocycles. The fourth-order valence-corrected chi connectivity index (χ4v) is 2.91. The van der Waals surface area contributed by atoms with Crippen molar-refractivity contribution in [2.75, 3.05) is 18.6 Å². The predicted molar refractivity (Wildman–Crippen MR) is 90.3 cm³/mol. The minimum Gasteiger partial charge on any atom is -0.313 e. The highest BCUT2D eigenvalue weighted by Gasteiger charge is 1.99. The minimum atomic E-state index is 0.951. The van der Waals surface area contributed by atoms with Gasteiger partial charge in [-0.2, -0.15) is 11.8 Å². The molecule has 2 rings (SSSR count). The first-order valence-corrected chi connectivity index (χ1v) is 8.82. The summed E-state index contributed by atoms with van der Waals surface area (Å²) in [6.07, 6.45) is 11.3. The molecule has 0 aliphatic heterocycles. The molecule has 1 heterocycles. The molecule has 108 valence electrons. The number of aromatic nitrogens is 1. The lowest BCUT2D eigenvalue weighted by Crippen LogP contribution is -2.14. The molecule has 1 aromatic carbocycles. The summed E-state index contributed by atoms with van der Waals surface area (Å²) < 4.78 is 0. The third kappa shape index (κ3) is 4.80. The molecule has 0 spiro atoms. The van der Waals surface area contributed by atoms with Crippen molar-refractivity contribution in [3.05, 3.63) is 42.2 Å². The van der Waals surface area contributed by atoms with E-state index in [1.165, 1.54) is 47.8 Å². The zero-order chi connectivity index (χ0) is 14.0. The van der Waals surface area contributed by atoms with Crippen molar-refractivity contribution in [1.29, 1.82) is 0 Å². The number of nitrogens with one attached hydrogen (secondary N) is 1. The second-order valence-corrected chi connectivity index (χ2v) is 6.08. The highest BCUT2D eigenvalue weighted by Crippen LogP contribution is 2.17. The lowest BCUT2D eigenvalue weighted by Gasteiger charge is -2.08. The van der Waals surface area contributed by atoms with Gasteiger partial charge in [0.2, 0.25) is 0 Å². The monoisotopic (exact) mass is 288 g/mol. The number of pyridine rings is 1. The van der Waals surface area contributed by atoms with Crippen molar-refractivity contribution in [3.8, 4) is 0 Å². The summed E-state index contributed by atoms with van der Waals surface area (Å²) in [7, 11) is 0. The van der Waals surface area contributed by atoms with Crippen LogP contribution < -0.4 is 5.32 Å². The first-order valence-electron chi connectivity index (χ1n) is 7.43. The van der Waals surface area contributed by atoms with Crippen LogP contribution in [0.5, 0.6) is 0 Å². The lowest BCUT2D eigenvalue weighted by atomic mass is 10.1. The normalized spacial score (nSPS) is 11.1. The molecule has 2 nitrogen and oxygen atoms in total. The van der Waals surface area contributed by atoms with Gasteiger partial charge >= 0.3 is 0 Å². The fourth-order valence-electron chi connectivity index (χ4n) is 2.42. The van der Waals surface area contributed by atoms with Gasteiger partial charge in [-0.3, -0.25) is 4.98 Å². The molecule has 0 bridgehead atoms. The number of hydrogen-bond acceptors (Lipinski definition) is 3. The van der Waals surface area contributed by atoms with Crippen molar-refractivity contribution < 1.29 is 0 Å². The summed E-state index contributed by atoms with van der Waals surface area (Å²) in [6, 6.07) is 8.55. The molecule has 2 aromatic rings. The number of fused-ring (bicyclic) bond motifs is 1. The average molecular weight is 288 g/mol. The van der Waals surface area contributed by atoms with E-state index in [4.69, 9.17) is 0 Å². The molecule has 0 aliphatic rings. The zero-order valence-electron chi connectivity index (χ0n) is 12.3. The second kappa shape index (κ2) is 8.98. The smallest absolute Gasteiger partial charge is 0.0346 e. The summed E-state index contributed by atoms with van der Waals surface area (Å²) in [4.78, 5) is 4.18. The molecule has 0 amide bonds. The number of benzene rings is 1. The molecule has 0 unspecified atom stereocenters. The van der Waals surface area contributed by atoms with Gasteiger partial charge in [-0.05, 0) is 48.4 Å². The van der Waals surface area contributed by atoms with Crippen LogP contribution in [0.1, 0.15) is 31.2 Å². The molecule has 1 N–H and O–H groups in total. The maximum atomic E-state index is 4.18. The van der Waals surface area contributed by atoms with Gasteiger partial charge in [-0.25, -0.2) is 0 Å². The summed E-state index contributed by atoms with van der Waals surface area (Å²) in [5.41, 5.74) is 1.37. The van der Waals surface area contributed by atoms with Crippen molar-refractivity contribution in [2.45, 2.75) is 32.2 Å². The Bertz CT molecular complexity index is 508. The van der Waals surface area contributed by atoms with E-state index >= 15 is 0 Å². The van der Waals surface area contributed by atoms with Crippen LogP contribution in [0.4, 0.5) is 0 Å². The van der Waals surface area contributed by atoms with Gasteiger partial charge in [0.1, 0.15) is 0 Å². The topological polar surface area (TPSA) is 24.9 Å². The molecule has 0 fully saturated rings. The van der Waals surface area contributed by atoms with Crippen LogP contribution >= 0.6 is 11.8 Å². The maximum absolute atomic E-state index is 4.18. The van der Waals surface area contributed by atoms with Gasteiger partial charge in [0.15, 0.2) is 0 Å². The third-order valence-electron chi connectivity index (χ3n) is 3.54. The molecule has 0 saturated heterocycles. The first-order chi connectivity index (χ1) is 9.92. The highest BCUT2D eigenvalue weighted by molar-refractivity contribution is 7.98. The Balaban J connectivity index is 1.71. The highest BCUT2D eigenvalue weighted by atomic mass is 32.2. The molecule has 20 heavy (non-hydrogen) atoms. The van der Waals surface area contributed by atoms with Crippen LogP contribution in [0.2, 0.25) is 0 Å². The SMILES string of the molecule is CSCCCCCCNCc1cccc2cnccc12. The van der Waals surface area contributed by atoms with Crippen LogP contribution in [0, 0.1) is 0 Å². The van der Waals surface area contributed by atoms with E-state index in [1.807, 2.05) is 24.2 Å². The summed E-state index contributed by atoms with van der Waals surface area (Å²) in [5, 5.41) is 6.10. The van der Waals surface area contributed by atoms with Gasteiger partial charge < -0.3 is 5.32 Å². The van der Waals surface area contributed by atoms with Crippen molar-refractivity contribution in [1.82, 2.24) is 10.3 Å². The van der Waals surface area contributed by atoms with E-state index in [2.05, 4.69) is 40.8 Å². The van der Waals surface area contributed by atoms with Gasteiger partial charge in [-0.15, -0.1) is 0 Å². The van der Waals surface area contributed by atoms with E-state index in [-0.39, 0.29) is 0 Å². The minimum absolute atomic E-state index is 0.951. The Labute approximate surface area is 126 Å². The molecule has 3 heteroatoms. The quantitative estimate of drug-likeness (QED) is 0.698.